The summed E-state index contributed by atoms with van der Waals surface area (Å²) < 4.78 is 91.9. The highest BCUT2D eigenvalue weighted by Crippen LogP contribution is 2.34. The van der Waals surface area contributed by atoms with Crippen LogP contribution >= 0.6 is 0 Å². The van der Waals surface area contributed by atoms with Gasteiger partial charge in [0, 0.05) is 18.5 Å². The molecule has 28 heavy (non-hydrogen) atoms. The number of nitrogens with zero attached hydrogens (tertiary/aromatic N) is 1. The minimum atomic E-state index is -5.11. The zero-order valence-corrected chi connectivity index (χ0v) is 14.9. The standard InChI is InChI=1S/C17H12F5N3O2S/c1-9-2-3-23-15(4-9)16-5-10(8-24-16)28(26,27)25-14-7-12(18)11(6-13(14)19)17(20,21)22/h2-8,24-25H,1H3. The fourth-order valence-corrected chi connectivity index (χ4v) is 3.46. The van der Waals surface area contributed by atoms with E-state index in [-0.39, 0.29) is 17.0 Å². The molecule has 0 aliphatic heterocycles. The zero-order chi connectivity index (χ0) is 20.7. The maximum atomic E-state index is 13.9. The Balaban J connectivity index is 1.92. The fraction of sp³-hybridized carbons (Fsp3) is 0.118. The number of alkyl halides is 3. The van der Waals surface area contributed by atoms with Gasteiger partial charge in [-0.05, 0) is 36.8 Å². The average molecular weight is 417 g/mol. The summed E-state index contributed by atoms with van der Waals surface area (Å²) in [7, 11) is -4.40. The number of benzene rings is 1. The Labute approximate surface area is 156 Å². The van der Waals surface area contributed by atoms with Gasteiger partial charge in [-0.3, -0.25) is 9.71 Å². The van der Waals surface area contributed by atoms with Crippen LogP contribution in [-0.4, -0.2) is 18.4 Å². The molecular formula is C17H12F5N3O2S. The van der Waals surface area contributed by atoms with Crippen molar-refractivity contribution in [1.82, 2.24) is 9.97 Å². The number of H-pyrrole nitrogens is 1. The van der Waals surface area contributed by atoms with Crippen LogP contribution < -0.4 is 4.72 Å². The van der Waals surface area contributed by atoms with Crippen molar-refractivity contribution >= 4 is 15.7 Å². The van der Waals surface area contributed by atoms with Crippen molar-refractivity contribution in [3.63, 3.8) is 0 Å². The third-order valence-corrected chi connectivity index (χ3v) is 5.11. The van der Waals surface area contributed by atoms with Gasteiger partial charge in [-0.25, -0.2) is 17.2 Å². The molecule has 0 spiro atoms. The summed E-state index contributed by atoms with van der Waals surface area (Å²) in [4.78, 5) is 6.45. The number of anilines is 1. The number of aromatic amines is 1. The highest BCUT2D eigenvalue weighted by Gasteiger charge is 2.35. The molecule has 0 fully saturated rings. The normalized spacial score (nSPS) is 12.2. The molecule has 0 radical (unpaired) electrons. The predicted octanol–water partition coefficient (Wildman–Crippen LogP) is 4.48. The topological polar surface area (TPSA) is 74.8 Å². The summed E-state index contributed by atoms with van der Waals surface area (Å²) >= 11 is 0. The first-order valence-electron chi connectivity index (χ1n) is 7.68. The van der Waals surface area contributed by atoms with E-state index < -0.39 is 39.1 Å². The average Bonchev–Trinajstić information content (AvgIpc) is 3.07. The van der Waals surface area contributed by atoms with Crippen molar-refractivity contribution in [3.8, 4) is 11.4 Å². The Hall–Kier alpha value is -2.95. The Morgan fingerprint density at radius 2 is 1.79 bits per heavy atom. The molecule has 11 heteroatoms. The van der Waals surface area contributed by atoms with Gasteiger partial charge in [0.25, 0.3) is 10.0 Å². The number of hydrogen-bond acceptors (Lipinski definition) is 3. The fourth-order valence-electron chi connectivity index (χ4n) is 2.41. The van der Waals surface area contributed by atoms with E-state index >= 15 is 0 Å². The third-order valence-electron chi connectivity index (χ3n) is 3.76. The molecule has 0 aliphatic carbocycles. The second-order valence-corrected chi connectivity index (χ2v) is 7.57. The smallest absolute Gasteiger partial charge is 0.359 e. The van der Waals surface area contributed by atoms with Crippen LogP contribution in [-0.2, 0) is 16.2 Å². The largest absolute Gasteiger partial charge is 0.419 e. The van der Waals surface area contributed by atoms with Crippen LogP contribution in [0.4, 0.5) is 27.6 Å². The van der Waals surface area contributed by atoms with E-state index in [9.17, 15) is 30.4 Å². The summed E-state index contributed by atoms with van der Waals surface area (Å²) in [5.74, 6) is -3.36. The summed E-state index contributed by atoms with van der Waals surface area (Å²) in [5, 5.41) is 0. The molecule has 0 bridgehead atoms. The lowest BCUT2D eigenvalue weighted by Crippen LogP contribution is -2.15. The van der Waals surface area contributed by atoms with Gasteiger partial charge < -0.3 is 4.98 Å². The van der Waals surface area contributed by atoms with Crippen molar-refractivity contribution in [1.29, 1.82) is 0 Å². The van der Waals surface area contributed by atoms with E-state index in [4.69, 9.17) is 0 Å². The molecule has 3 aromatic rings. The predicted molar refractivity (Wildman–Crippen MR) is 90.9 cm³/mol. The Kier molecular flexibility index (Phi) is 4.88. The Morgan fingerprint density at radius 3 is 2.43 bits per heavy atom. The molecule has 0 amide bonds. The number of pyridine rings is 1. The molecule has 0 saturated heterocycles. The molecular weight excluding hydrogens is 405 g/mol. The Morgan fingerprint density at radius 1 is 1.07 bits per heavy atom. The molecule has 2 N–H and O–H groups in total. The highest BCUT2D eigenvalue weighted by atomic mass is 32.2. The van der Waals surface area contributed by atoms with Gasteiger partial charge >= 0.3 is 6.18 Å². The molecule has 1 aromatic carbocycles. The number of sulfonamides is 1. The van der Waals surface area contributed by atoms with Crippen LogP contribution in [0, 0.1) is 18.6 Å². The lowest BCUT2D eigenvalue weighted by Gasteiger charge is -2.12. The lowest BCUT2D eigenvalue weighted by atomic mass is 10.2. The monoisotopic (exact) mass is 417 g/mol. The van der Waals surface area contributed by atoms with Crippen LogP contribution in [0.15, 0.2) is 47.6 Å². The Bertz CT molecular complexity index is 1140. The molecule has 0 aliphatic rings. The number of aryl methyl sites for hydroxylation is 1. The number of aromatic nitrogens is 2. The van der Waals surface area contributed by atoms with Crippen LogP contribution in [0.25, 0.3) is 11.4 Å². The van der Waals surface area contributed by atoms with E-state index in [0.29, 0.717) is 11.4 Å². The van der Waals surface area contributed by atoms with Gasteiger partial charge in [0.15, 0.2) is 0 Å². The summed E-state index contributed by atoms with van der Waals surface area (Å²) in [6.07, 6.45) is -2.49. The number of halogens is 5. The van der Waals surface area contributed by atoms with Crippen LogP contribution in [0.2, 0.25) is 0 Å². The van der Waals surface area contributed by atoms with E-state index in [1.807, 2.05) is 6.92 Å². The van der Waals surface area contributed by atoms with Crippen molar-refractivity contribution in [2.24, 2.45) is 0 Å². The summed E-state index contributed by atoms with van der Waals surface area (Å²) in [6.45, 7) is 1.81. The first kappa shape index (κ1) is 19.8. The summed E-state index contributed by atoms with van der Waals surface area (Å²) in [6, 6.07) is 4.69. The number of rotatable bonds is 4. The summed E-state index contributed by atoms with van der Waals surface area (Å²) in [5.41, 5.74) is -1.09. The third kappa shape index (κ3) is 3.98. The molecule has 0 unspecified atom stereocenters. The van der Waals surface area contributed by atoms with Crippen LogP contribution in [0.5, 0.6) is 0 Å². The quantitative estimate of drug-likeness (QED) is 0.615. The van der Waals surface area contributed by atoms with E-state index in [1.165, 1.54) is 12.3 Å². The molecule has 3 rings (SSSR count). The molecule has 2 aromatic heterocycles. The van der Waals surface area contributed by atoms with Gasteiger partial charge in [0.2, 0.25) is 0 Å². The maximum Gasteiger partial charge on any atom is 0.419 e. The molecule has 2 heterocycles. The number of hydrogen-bond donors (Lipinski definition) is 2. The second kappa shape index (κ2) is 6.89. The lowest BCUT2D eigenvalue weighted by molar-refractivity contribution is -0.140. The van der Waals surface area contributed by atoms with Crippen molar-refractivity contribution in [2.75, 3.05) is 4.72 Å². The van der Waals surface area contributed by atoms with Crippen molar-refractivity contribution in [3.05, 3.63) is 65.5 Å². The van der Waals surface area contributed by atoms with Gasteiger partial charge in [-0.2, -0.15) is 13.2 Å². The molecule has 5 nitrogen and oxygen atoms in total. The maximum absolute atomic E-state index is 13.9. The molecule has 0 saturated carbocycles. The SMILES string of the molecule is Cc1ccnc(-c2cc(S(=O)(=O)Nc3cc(F)c(C(F)(F)F)cc3F)c[nH]2)c1. The first-order valence-corrected chi connectivity index (χ1v) is 9.16. The van der Waals surface area contributed by atoms with Crippen molar-refractivity contribution < 1.29 is 30.4 Å². The minimum absolute atomic E-state index is 0.105. The second-order valence-electron chi connectivity index (χ2n) is 5.88. The number of nitrogens with one attached hydrogen (secondary N) is 2. The van der Waals surface area contributed by atoms with E-state index in [0.717, 1.165) is 11.8 Å². The van der Waals surface area contributed by atoms with Gasteiger partial charge in [0.1, 0.15) is 16.5 Å². The molecule has 0 atom stereocenters. The minimum Gasteiger partial charge on any atom is -0.359 e. The van der Waals surface area contributed by atoms with Crippen LogP contribution in [0.3, 0.4) is 0 Å². The van der Waals surface area contributed by atoms with Crippen LogP contribution in [0.1, 0.15) is 11.1 Å². The van der Waals surface area contributed by atoms with Gasteiger partial charge in [-0.1, -0.05) is 0 Å². The van der Waals surface area contributed by atoms with Gasteiger partial charge in [0.05, 0.1) is 22.6 Å². The van der Waals surface area contributed by atoms with Crippen molar-refractivity contribution in [2.45, 2.75) is 18.0 Å². The van der Waals surface area contributed by atoms with E-state index in [1.54, 1.807) is 16.9 Å². The molecule has 148 valence electrons. The highest BCUT2D eigenvalue weighted by molar-refractivity contribution is 7.92. The first-order chi connectivity index (χ1) is 13.0. The van der Waals surface area contributed by atoms with Gasteiger partial charge in [-0.15, -0.1) is 0 Å². The zero-order valence-electron chi connectivity index (χ0n) is 14.1. The van der Waals surface area contributed by atoms with E-state index in [2.05, 4.69) is 9.97 Å².